The number of imide groups is 1. The number of nitrogens with zero attached hydrogens (tertiary/aromatic N) is 1. The zero-order valence-electron chi connectivity index (χ0n) is 12.5. The zero-order chi connectivity index (χ0) is 15.7. The Labute approximate surface area is 128 Å². The Morgan fingerprint density at radius 1 is 1.36 bits per heavy atom. The number of fused-ring (bicyclic) bond motifs is 1. The van der Waals surface area contributed by atoms with Gasteiger partial charge in [-0.1, -0.05) is 32.0 Å². The number of carbonyl (C=O) groups excluding carboxylic acids is 2. The van der Waals surface area contributed by atoms with Gasteiger partial charge in [0.2, 0.25) is 0 Å². The Bertz CT molecular complexity index is 711. The summed E-state index contributed by atoms with van der Waals surface area (Å²) in [6.45, 7) is 4.16. The minimum Gasteiger partial charge on any atom is -0.457 e. The van der Waals surface area contributed by atoms with Gasteiger partial charge in [0, 0.05) is 11.5 Å². The van der Waals surface area contributed by atoms with Gasteiger partial charge < -0.3 is 9.15 Å². The largest absolute Gasteiger partial charge is 0.457 e. The predicted molar refractivity (Wildman–Crippen MR) is 82.1 cm³/mol. The molecule has 2 heterocycles. The maximum Gasteiger partial charge on any atom is 0.417 e. The van der Waals surface area contributed by atoms with Crippen molar-refractivity contribution in [1.82, 2.24) is 4.90 Å². The average molecular weight is 299 g/mol. The second-order valence-corrected chi connectivity index (χ2v) is 5.62. The highest BCUT2D eigenvalue weighted by atomic mass is 16.6. The Hall–Kier alpha value is -2.56. The molecule has 3 rings (SSSR count). The topological polar surface area (TPSA) is 59.8 Å². The summed E-state index contributed by atoms with van der Waals surface area (Å²) in [5, 5.41) is 0.968. The van der Waals surface area contributed by atoms with Crippen LogP contribution < -0.4 is 0 Å². The molecule has 5 heteroatoms. The lowest BCUT2D eigenvalue weighted by Gasteiger charge is -2.20. The molecule has 2 amide bonds. The minimum absolute atomic E-state index is 0.148. The van der Waals surface area contributed by atoms with E-state index >= 15 is 0 Å². The summed E-state index contributed by atoms with van der Waals surface area (Å²) in [5.41, 5.74) is 0.759. The normalized spacial score (nSPS) is 18.6. The number of carbonyl (C=O) groups is 2. The third-order valence-corrected chi connectivity index (χ3v) is 3.75. The molecule has 1 aliphatic heterocycles. The molecule has 0 N–H and O–H groups in total. The summed E-state index contributed by atoms with van der Waals surface area (Å²) in [6, 6.07) is 9.23. The molecule has 22 heavy (non-hydrogen) atoms. The van der Waals surface area contributed by atoms with Crippen molar-refractivity contribution in [2.75, 3.05) is 6.61 Å². The van der Waals surface area contributed by atoms with E-state index in [2.05, 4.69) is 0 Å². The molecule has 0 spiro atoms. The molecule has 0 aliphatic carbocycles. The molecule has 1 atom stereocenters. The Morgan fingerprint density at radius 2 is 2.14 bits per heavy atom. The van der Waals surface area contributed by atoms with Crippen LogP contribution in [0.3, 0.4) is 0 Å². The summed E-state index contributed by atoms with van der Waals surface area (Å²) >= 11 is 0. The molecule has 5 nitrogen and oxygen atoms in total. The van der Waals surface area contributed by atoms with Crippen LogP contribution in [0.5, 0.6) is 0 Å². The lowest BCUT2D eigenvalue weighted by molar-refractivity contribution is -0.124. The molecule has 0 radical (unpaired) electrons. The van der Waals surface area contributed by atoms with Crippen LogP contribution in [0.2, 0.25) is 0 Å². The number of benzene rings is 1. The highest BCUT2D eigenvalue weighted by molar-refractivity contribution is 6.02. The number of rotatable bonds is 3. The highest BCUT2D eigenvalue weighted by Gasteiger charge is 2.38. The molecular formula is C17H17NO4. The number of hydrogen-bond acceptors (Lipinski definition) is 4. The van der Waals surface area contributed by atoms with Gasteiger partial charge in [-0.3, -0.25) is 4.79 Å². The van der Waals surface area contributed by atoms with Gasteiger partial charge in [0.25, 0.3) is 5.91 Å². The van der Waals surface area contributed by atoms with E-state index in [0.29, 0.717) is 5.76 Å². The number of amides is 2. The molecule has 2 aromatic rings. The second-order valence-electron chi connectivity index (χ2n) is 5.62. The Balaban J connectivity index is 1.79. The fraction of sp³-hybridized carbons (Fsp3) is 0.294. The van der Waals surface area contributed by atoms with Crippen LogP contribution >= 0.6 is 0 Å². The van der Waals surface area contributed by atoms with Crippen LogP contribution in [0.1, 0.15) is 19.6 Å². The fourth-order valence-corrected chi connectivity index (χ4v) is 2.50. The van der Waals surface area contributed by atoms with Crippen LogP contribution in [0.25, 0.3) is 17.0 Å². The van der Waals surface area contributed by atoms with Crippen molar-refractivity contribution in [2.45, 2.75) is 19.9 Å². The summed E-state index contributed by atoms with van der Waals surface area (Å²) in [7, 11) is 0. The molecule has 0 saturated carbocycles. The summed E-state index contributed by atoms with van der Waals surface area (Å²) in [4.78, 5) is 25.1. The molecule has 1 aromatic heterocycles. The first-order valence-corrected chi connectivity index (χ1v) is 7.23. The van der Waals surface area contributed by atoms with E-state index in [9.17, 15) is 9.59 Å². The van der Waals surface area contributed by atoms with Gasteiger partial charge in [-0.05, 0) is 24.1 Å². The summed E-state index contributed by atoms with van der Waals surface area (Å²) in [6.07, 6.45) is 2.34. The monoisotopic (exact) mass is 299 g/mol. The van der Waals surface area contributed by atoms with E-state index in [1.165, 1.54) is 11.0 Å². The maximum absolute atomic E-state index is 12.3. The van der Waals surface area contributed by atoms with Gasteiger partial charge in [0.05, 0.1) is 6.04 Å². The number of cyclic esters (lactones) is 1. The quantitative estimate of drug-likeness (QED) is 0.814. The lowest BCUT2D eigenvalue weighted by Crippen LogP contribution is -2.40. The van der Waals surface area contributed by atoms with Crippen LogP contribution in [-0.4, -0.2) is 29.5 Å². The molecule has 0 bridgehead atoms. The average Bonchev–Trinajstić information content (AvgIpc) is 3.07. The van der Waals surface area contributed by atoms with E-state index in [1.54, 1.807) is 6.08 Å². The number of para-hydroxylation sites is 1. The van der Waals surface area contributed by atoms with E-state index < -0.39 is 6.09 Å². The molecule has 1 fully saturated rings. The van der Waals surface area contributed by atoms with Crippen LogP contribution in [-0.2, 0) is 9.53 Å². The fourth-order valence-electron chi connectivity index (χ4n) is 2.50. The molecule has 1 saturated heterocycles. The van der Waals surface area contributed by atoms with Gasteiger partial charge in [0.15, 0.2) is 0 Å². The maximum atomic E-state index is 12.3. The second kappa shape index (κ2) is 5.67. The third kappa shape index (κ3) is 2.62. The van der Waals surface area contributed by atoms with E-state index in [-0.39, 0.29) is 24.5 Å². The number of hydrogen-bond donors (Lipinski definition) is 0. The third-order valence-electron chi connectivity index (χ3n) is 3.75. The van der Waals surface area contributed by atoms with E-state index in [1.807, 2.05) is 44.2 Å². The van der Waals surface area contributed by atoms with E-state index in [0.717, 1.165) is 11.0 Å². The lowest BCUT2D eigenvalue weighted by atomic mass is 10.0. The van der Waals surface area contributed by atoms with Crippen LogP contribution in [0.4, 0.5) is 4.79 Å². The first-order valence-electron chi connectivity index (χ1n) is 7.23. The van der Waals surface area contributed by atoms with Gasteiger partial charge >= 0.3 is 6.09 Å². The Morgan fingerprint density at radius 3 is 2.86 bits per heavy atom. The van der Waals surface area contributed by atoms with Crippen molar-refractivity contribution in [3.05, 3.63) is 42.2 Å². The first kappa shape index (κ1) is 14.4. The van der Waals surface area contributed by atoms with Crippen molar-refractivity contribution in [2.24, 2.45) is 5.92 Å². The van der Waals surface area contributed by atoms with Crippen molar-refractivity contribution >= 4 is 29.0 Å². The zero-order valence-corrected chi connectivity index (χ0v) is 12.5. The van der Waals surface area contributed by atoms with E-state index in [4.69, 9.17) is 9.15 Å². The van der Waals surface area contributed by atoms with Crippen molar-refractivity contribution < 1.29 is 18.7 Å². The van der Waals surface area contributed by atoms with Crippen LogP contribution in [0, 0.1) is 5.92 Å². The van der Waals surface area contributed by atoms with Gasteiger partial charge in [0.1, 0.15) is 18.0 Å². The van der Waals surface area contributed by atoms with Gasteiger partial charge in [-0.15, -0.1) is 0 Å². The minimum atomic E-state index is -0.585. The standard InChI is InChI=1S/C17H17NO4/c1-11(2)14-10-21-17(20)18(14)16(19)8-7-13-9-12-5-3-4-6-15(12)22-13/h3-9,11,14H,10H2,1-2H3. The van der Waals surface area contributed by atoms with Crippen molar-refractivity contribution in [3.8, 4) is 0 Å². The van der Waals surface area contributed by atoms with Gasteiger partial charge in [-0.25, -0.2) is 9.69 Å². The van der Waals surface area contributed by atoms with Gasteiger partial charge in [-0.2, -0.15) is 0 Å². The SMILES string of the molecule is CC(C)C1COC(=O)N1C(=O)C=Cc1cc2ccccc2o1. The predicted octanol–water partition coefficient (Wildman–Crippen LogP) is 3.45. The first-order chi connectivity index (χ1) is 10.6. The molecule has 114 valence electrons. The van der Waals surface area contributed by atoms with Crippen LogP contribution in [0.15, 0.2) is 40.8 Å². The Kier molecular flexibility index (Phi) is 3.71. The molecule has 1 unspecified atom stereocenters. The summed E-state index contributed by atoms with van der Waals surface area (Å²) < 4.78 is 10.6. The number of furan rings is 1. The number of ether oxygens (including phenoxy) is 1. The molecule has 1 aromatic carbocycles. The smallest absolute Gasteiger partial charge is 0.417 e. The highest BCUT2D eigenvalue weighted by Crippen LogP contribution is 2.22. The summed E-state index contributed by atoms with van der Waals surface area (Å²) in [5.74, 6) is 0.333. The van der Waals surface area contributed by atoms with Crippen molar-refractivity contribution in [1.29, 1.82) is 0 Å². The molecule has 1 aliphatic rings. The molecular weight excluding hydrogens is 282 g/mol. The van der Waals surface area contributed by atoms with Crippen molar-refractivity contribution in [3.63, 3.8) is 0 Å².